The van der Waals surface area contributed by atoms with E-state index in [1.54, 1.807) is 11.1 Å². The lowest BCUT2D eigenvalue weighted by Gasteiger charge is -2.15. The topological polar surface area (TPSA) is 76.3 Å². The van der Waals surface area contributed by atoms with Crippen molar-refractivity contribution < 1.29 is 9.59 Å². The van der Waals surface area contributed by atoms with E-state index in [1.807, 2.05) is 49.5 Å². The molecule has 1 saturated heterocycles. The van der Waals surface area contributed by atoms with Crippen LogP contribution in [0.3, 0.4) is 0 Å². The predicted molar refractivity (Wildman–Crippen MR) is 86.7 cm³/mol. The quantitative estimate of drug-likeness (QED) is 0.933. The summed E-state index contributed by atoms with van der Waals surface area (Å²) in [5, 5.41) is 0. The molecule has 2 atom stereocenters. The van der Waals surface area contributed by atoms with E-state index in [2.05, 4.69) is 4.98 Å². The van der Waals surface area contributed by atoms with Gasteiger partial charge in [0.1, 0.15) is 5.92 Å². The van der Waals surface area contributed by atoms with Gasteiger partial charge in [0.25, 0.3) is 0 Å². The van der Waals surface area contributed by atoms with E-state index < -0.39 is 11.8 Å². The third-order valence-corrected chi connectivity index (χ3v) is 4.33. The molecule has 0 spiro atoms. The summed E-state index contributed by atoms with van der Waals surface area (Å²) < 4.78 is 0. The van der Waals surface area contributed by atoms with Gasteiger partial charge in [-0.25, -0.2) is 0 Å². The highest BCUT2D eigenvalue weighted by molar-refractivity contribution is 5.85. The van der Waals surface area contributed by atoms with Gasteiger partial charge in [0, 0.05) is 32.1 Å². The van der Waals surface area contributed by atoms with Crippen LogP contribution in [0.25, 0.3) is 0 Å². The number of carbonyl (C=O) groups excluding carboxylic acids is 2. The van der Waals surface area contributed by atoms with E-state index in [4.69, 9.17) is 5.73 Å². The molecule has 1 aliphatic rings. The van der Waals surface area contributed by atoms with Crippen molar-refractivity contribution in [3.8, 4) is 0 Å². The molecule has 23 heavy (non-hydrogen) atoms. The Morgan fingerprint density at radius 3 is 2.52 bits per heavy atom. The van der Waals surface area contributed by atoms with Gasteiger partial charge >= 0.3 is 0 Å². The van der Waals surface area contributed by atoms with Gasteiger partial charge in [-0.1, -0.05) is 36.4 Å². The number of nitrogens with zero attached hydrogens (tertiary/aromatic N) is 2. The number of primary amides is 1. The van der Waals surface area contributed by atoms with Gasteiger partial charge in [0.2, 0.25) is 11.8 Å². The molecule has 5 nitrogen and oxygen atoms in total. The number of likely N-dealkylation sites (tertiary alicyclic amines) is 1. The van der Waals surface area contributed by atoms with Crippen molar-refractivity contribution in [3.05, 3.63) is 65.5 Å². The Morgan fingerprint density at radius 1 is 1.26 bits per heavy atom. The third-order valence-electron chi connectivity index (χ3n) is 4.33. The van der Waals surface area contributed by atoms with Crippen LogP contribution in [-0.4, -0.2) is 35.3 Å². The molecule has 5 heteroatoms. The predicted octanol–water partition coefficient (Wildman–Crippen LogP) is 1.64. The molecule has 3 rings (SSSR count). The number of pyridine rings is 1. The molecule has 2 unspecified atom stereocenters. The molecule has 0 saturated carbocycles. The number of nitrogens with two attached hydrogens (primary N) is 1. The molecule has 2 N–H and O–H groups in total. The minimum Gasteiger partial charge on any atom is -0.369 e. The molecular formula is C18H19N3O2. The van der Waals surface area contributed by atoms with Crippen LogP contribution >= 0.6 is 0 Å². The number of benzene rings is 1. The summed E-state index contributed by atoms with van der Waals surface area (Å²) in [6, 6.07) is 13.2. The van der Waals surface area contributed by atoms with Gasteiger partial charge in [-0.15, -0.1) is 0 Å². The second kappa shape index (κ2) is 6.20. The number of aromatic nitrogens is 1. The Morgan fingerprint density at radius 2 is 2.00 bits per heavy atom. The zero-order chi connectivity index (χ0) is 16.4. The lowest BCUT2D eigenvalue weighted by molar-refractivity contribution is -0.126. The molecule has 1 aromatic heterocycles. The fourth-order valence-electron chi connectivity index (χ4n) is 3.04. The highest BCUT2D eigenvalue weighted by Gasteiger charge is 2.28. The highest BCUT2D eigenvalue weighted by atomic mass is 16.2. The molecule has 118 valence electrons. The van der Waals surface area contributed by atoms with Gasteiger partial charge in [-0.05, 0) is 17.2 Å². The summed E-state index contributed by atoms with van der Waals surface area (Å²) in [6.07, 6.45) is 2.26. The molecule has 0 aliphatic carbocycles. The van der Waals surface area contributed by atoms with Crippen molar-refractivity contribution >= 4 is 11.8 Å². The van der Waals surface area contributed by atoms with Crippen molar-refractivity contribution in [1.82, 2.24) is 9.88 Å². The second-order valence-electron chi connectivity index (χ2n) is 5.94. The molecule has 1 fully saturated rings. The first-order chi connectivity index (χ1) is 11.1. The first-order valence-electron chi connectivity index (χ1n) is 7.60. The summed E-state index contributed by atoms with van der Waals surface area (Å²) in [4.78, 5) is 29.7. The van der Waals surface area contributed by atoms with Gasteiger partial charge < -0.3 is 10.6 Å². The smallest absolute Gasteiger partial charge is 0.231 e. The van der Waals surface area contributed by atoms with Crippen molar-refractivity contribution in [2.75, 3.05) is 13.6 Å². The van der Waals surface area contributed by atoms with Gasteiger partial charge in [-0.3, -0.25) is 14.6 Å². The first-order valence-corrected chi connectivity index (χ1v) is 7.60. The van der Waals surface area contributed by atoms with E-state index in [0.29, 0.717) is 18.7 Å². The minimum atomic E-state index is -0.557. The molecule has 2 heterocycles. The fraction of sp³-hybridized carbons (Fsp3) is 0.278. The third kappa shape index (κ3) is 3.08. The van der Waals surface area contributed by atoms with E-state index in [1.165, 1.54) is 0 Å². The van der Waals surface area contributed by atoms with Crippen LogP contribution in [0.15, 0.2) is 48.7 Å². The van der Waals surface area contributed by atoms with Crippen molar-refractivity contribution in [1.29, 1.82) is 0 Å². The highest BCUT2D eigenvalue weighted by Crippen LogP contribution is 2.28. The van der Waals surface area contributed by atoms with Gasteiger partial charge in [-0.2, -0.15) is 0 Å². The zero-order valence-corrected chi connectivity index (χ0v) is 13.0. The van der Waals surface area contributed by atoms with E-state index >= 15 is 0 Å². The molecule has 1 aromatic carbocycles. The molecular weight excluding hydrogens is 290 g/mol. The minimum absolute atomic E-state index is 0.151. The van der Waals surface area contributed by atoms with Gasteiger partial charge in [0.15, 0.2) is 0 Å². The largest absolute Gasteiger partial charge is 0.369 e. The fourth-order valence-corrected chi connectivity index (χ4v) is 3.04. The number of rotatable bonds is 4. The summed E-state index contributed by atoms with van der Waals surface area (Å²) in [5.41, 5.74) is 8.04. The van der Waals surface area contributed by atoms with Crippen LogP contribution in [0, 0.1) is 0 Å². The molecule has 0 radical (unpaired) electrons. The lowest BCUT2D eigenvalue weighted by atomic mass is 9.93. The number of carbonyl (C=O) groups is 2. The van der Waals surface area contributed by atoms with Crippen LogP contribution in [-0.2, 0) is 9.59 Å². The van der Waals surface area contributed by atoms with E-state index in [9.17, 15) is 9.59 Å². The Kier molecular flexibility index (Phi) is 4.10. The molecule has 2 amide bonds. The normalized spacial score (nSPS) is 18.9. The Balaban J connectivity index is 1.86. The number of hydrogen-bond donors (Lipinski definition) is 1. The molecule has 2 aromatic rings. The van der Waals surface area contributed by atoms with Crippen molar-refractivity contribution in [2.24, 2.45) is 5.73 Å². The first kappa shape index (κ1) is 15.2. The monoisotopic (exact) mass is 309 g/mol. The standard InChI is InChI=1S/C18H19N3O2/c1-21-11-14(9-16(21)22)13-7-8-15(20-10-13)17(18(19)23)12-5-3-2-4-6-12/h2-8,10,14,17H,9,11H2,1H3,(H2,19,23). The summed E-state index contributed by atoms with van der Waals surface area (Å²) in [7, 11) is 1.81. The van der Waals surface area contributed by atoms with Crippen LogP contribution in [0.2, 0.25) is 0 Å². The van der Waals surface area contributed by atoms with E-state index in [0.717, 1.165) is 11.1 Å². The maximum absolute atomic E-state index is 11.9. The Bertz CT molecular complexity index is 713. The second-order valence-corrected chi connectivity index (χ2v) is 5.94. The van der Waals surface area contributed by atoms with E-state index in [-0.39, 0.29) is 11.8 Å². The maximum atomic E-state index is 11.9. The lowest BCUT2D eigenvalue weighted by Crippen LogP contribution is -2.23. The van der Waals surface area contributed by atoms with Gasteiger partial charge in [0.05, 0.1) is 5.69 Å². The Hall–Kier alpha value is -2.69. The zero-order valence-electron chi connectivity index (χ0n) is 13.0. The average molecular weight is 309 g/mol. The average Bonchev–Trinajstić information content (AvgIpc) is 2.88. The number of likely N-dealkylation sites (N-methyl/N-ethyl adjacent to an activating group) is 1. The van der Waals surface area contributed by atoms with Crippen molar-refractivity contribution in [2.45, 2.75) is 18.3 Å². The van der Waals surface area contributed by atoms with Crippen LogP contribution in [0.1, 0.15) is 35.1 Å². The SMILES string of the molecule is CN1CC(c2ccc(C(C(N)=O)c3ccccc3)nc2)CC1=O. The van der Waals surface area contributed by atoms with Crippen LogP contribution in [0.4, 0.5) is 0 Å². The number of hydrogen-bond acceptors (Lipinski definition) is 3. The summed E-state index contributed by atoms with van der Waals surface area (Å²) in [6.45, 7) is 0.706. The number of amides is 2. The summed E-state index contributed by atoms with van der Waals surface area (Å²) in [5.74, 6) is -0.665. The molecule has 0 bridgehead atoms. The van der Waals surface area contributed by atoms with Crippen molar-refractivity contribution in [3.63, 3.8) is 0 Å². The Labute approximate surface area is 135 Å². The van der Waals surface area contributed by atoms with Crippen LogP contribution < -0.4 is 5.73 Å². The van der Waals surface area contributed by atoms with Crippen LogP contribution in [0.5, 0.6) is 0 Å². The molecule has 1 aliphatic heterocycles. The summed E-state index contributed by atoms with van der Waals surface area (Å²) >= 11 is 0. The maximum Gasteiger partial charge on any atom is 0.231 e.